The summed E-state index contributed by atoms with van der Waals surface area (Å²) < 4.78 is 0. The molecule has 46 valence electrons. The van der Waals surface area contributed by atoms with Crippen LogP contribution < -0.4 is 5.22 Å². The van der Waals surface area contributed by atoms with Gasteiger partial charge in [-0.3, -0.25) is 0 Å². The Bertz CT molecular complexity index is 355. The average molecular weight is 128 g/mol. The number of carbonyl (C=O) groups is 1. The van der Waals surface area contributed by atoms with Crippen molar-refractivity contribution in [3.8, 4) is 0 Å². The van der Waals surface area contributed by atoms with E-state index in [0.29, 0.717) is 0 Å². The van der Waals surface area contributed by atoms with Crippen molar-refractivity contribution < 1.29 is 4.79 Å². The number of carbonyl (C=O) groups excluding carboxylic acids is 1. The third-order valence-electron chi connectivity index (χ3n) is 1.59. The van der Waals surface area contributed by atoms with Gasteiger partial charge in [0, 0.05) is 0 Å². The number of rotatable bonds is 0. The summed E-state index contributed by atoms with van der Waals surface area (Å²) in [7, 11) is 0. The fraction of sp³-hybridized carbons (Fsp3) is 0. The summed E-state index contributed by atoms with van der Waals surface area (Å²) in [5, 5.41) is 2.07. The van der Waals surface area contributed by atoms with Crippen LogP contribution in [0.5, 0.6) is 0 Å². The number of benzene rings is 1. The van der Waals surface area contributed by atoms with E-state index in [2.05, 4.69) is 0 Å². The zero-order valence-corrected chi connectivity index (χ0v) is 5.37. The quantitative estimate of drug-likeness (QED) is 0.448. The minimum absolute atomic E-state index is 0.0983. The molecule has 1 aliphatic rings. The van der Waals surface area contributed by atoms with Gasteiger partial charge in [-0.05, 0) is 0 Å². The van der Waals surface area contributed by atoms with Gasteiger partial charge in [-0.15, -0.1) is 0 Å². The molecule has 1 heterocycles. The van der Waals surface area contributed by atoms with Crippen molar-refractivity contribution >= 4 is 18.7 Å². The number of fused-ring (bicyclic) bond motifs is 1. The van der Waals surface area contributed by atoms with Crippen LogP contribution in [0.25, 0.3) is 6.08 Å². The van der Waals surface area contributed by atoms with E-state index in [0.717, 1.165) is 10.3 Å². The van der Waals surface area contributed by atoms with Crippen LogP contribution in [0.2, 0.25) is 0 Å². The van der Waals surface area contributed by atoms with Crippen LogP contribution in [0.4, 0.5) is 0 Å². The van der Waals surface area contributed by atoms with Crippen molar-refractivity contribution in [1.82, 2.24) is 0 Å². The second kappa shape index (κ2) is 1.91. The molecular formula is C8H5BO. The van der Waals surface area contributed by atoms with E-state index in [1.54, 1.807) is 13.0 Å². The molecule has 2 rings (SSSR count). The number of hydrogen-bond acceptors (Lipinski definition) is 1. The minimum atomic E-state index is 0.0983. The summed E-state index contributed by atoms with van der Waals surface area (Å²) in [6, 6.07) is 7.75. The molecule has 0 amide bonds. The molecular weight excluding hydrogens is 123 g/mol. The first-order chi connectivity index (χ1) is 4.86. The van der Waals surface area contributed by atoms with Gasteiger partial charge in [-0.2, -0.15) is 0 Å². The Kier molecular flexibility index (Phi) is 1.07. The van der Waals surface area contributed by atoms with Crippen molar-refractivity contribution in [3.05, 3.63) is 34.6 Å². The normalized spacial score (nSPS) is 13.0. The molecule has 0 unspecified atom stereocenters. The molecule has 1 aliphatic heterocycles. The standard InChI is InChI=1S/C8H5BO/c10-8-5-6-3-1-2-4-7(6)9-8/h1-5H. The Balaban J connectivity index is 2.96. The van der Waals surface area contributed by atoms with E-state index in [4.69, 9.17) is 0 Å². The van der Waals surface area contributed by atoms with Gasteiger partial charge in [0.2, 0.25) is 0 Å². The Morgan fingerprint density at radius 1 is 1.20 bits per heavy atom. The first kappa shape index (κ1) is 5.60. The topological polar surface area (TPSA) is 17.1 Å². The van der Waals surface area contributed by atoms with E-state index in [1.165, 1.54) is 0 Å². The van der Waals surface area contributed by atoms with Crippen LogP contribution in [0.1, 0.15) is 0 Å². The average Bonchev–Trinajstić information content (AvgIpc) is 2.27. The van der Waals surface area contributed by atoms with Crippen molar-refractivity contribution in [2.75, 3.05) is 0 Å². The zero-order chi connectivity index (χ0) is 6.97. The second-order valence-electron chi connectivity index (χ2n) is 2.32. The SMILES string of the molecule is O=C1B=c2ccccc2=C1. The van der Waals surface area contributed by atoms with Gasteiger partial charge in [0.1, 0.15) is 0 Å². The molecule has 0 saturated carbocycles. The first-order valence-electron chi connectivity index (χ1n) is 3.19. The molecule has 0 aromatic heterocycles. The Hall–Kier alpha value is -1.18. The molecule has 0 spiro atoms. The van der Waals surface area contributed by atoms with Crippen LogP contribution >= 0.6 is 0 Å². The fourth-order valence-electron chi connectivity index (χ4n) is 1.12. The molecule has 0 radical (unpaired) electrons. The Morgan fingerprint density at radius 2 is 2.00 bits per heavy atom. The monoisotopic (exact) mass is 128 g/mol. The molecule has 2 heteroatoms. The summed E-state index contributed by atoms with van der Waals surface area (Å²) in [5.41, 5.74) is 0.0983. The van der Waals surface area contributed by atoms with Crippen LogP contribution in [-0.2, 0) is 4.79 Å². The molecule has 10 heavy (non-hydrogen) atoms. The predicted molar refractivity (Wildman–Crippen MR) is 40.1 cm³/mol. The summed E-state index contributed by atoms with van der Waals surface area (Å²) in [5.74, 6) is 0. The molecule has 1 aromatic rings. The molecule has 1 aromatic carbocycles. The van der Waals surface area contributed by atoms with E-state index < -0.39 is 0 Å². The van der Waals surface area contributed by atoms with E-state index >= 15 is 0 Å². The van der Waals surface area contributed by atoms with Crippen molar-refractivity contribution in [2.24, 2.45) is 0 Å². The van der Waals surface area contributed by atoms with Crippen molar-refractivity contribution in [3.63, 3.8) is 0 Å². The molecule has 0 bridgehead atoms. The molecule has 0 aliphatic carbocycles. The van der Waals surface area contributed by atoms with Gasteiger partial charge in [-0.1, -0.05) is 0 Å². The van der Waals surface area contributed by atoms with E-state index in [-0.39, 0.29) is 5.68 Å². The summed E-state index contributed by atoms with van der Waals surface area (Å²) in [6.45, 7) is 1.65. The van der Waals surface area contributed by atoms with Gasteiger partial charge in [0.05, 0.1) is 0 Å². The van der Waals surface area contributed by atoms with Gasteiger partial charge < -0.3 is 0 Å². The maximum absolute atomic E-state index is 10.8. The van der Waals surface area contributed by atoms with Gasteiger partial charge >= 0.3 is 58.1 Å². The second-order valence-corrected chi connectivity index (χ2v) is 2.32. The first-order valence-corrected chi connectivity index (χ1v) is 3.19. The molecule has 1 nitrogen and oxygen atoms in total. The maximum atomic E-state index is 10.8. The van der Waals surface area contributed by atoms with Gasteiger partial charge in [-0.25, -0.2) is 0 Å². The Labute approximate surface area is 58.9 Å². The van der Waals surface area contributed by atoms with Crippen molar-refractivity contribution in [1.29, 1.82) is 0 Å². The molecule has 0 N–H and O–H groups in total. The fourth-order valence-corrected chi connectivity index (χ4v) is 1.12. The Morgan fingerprint density at radius 3 is 2.80 bits per heavy atom. The van der Waals surface area contributed by atoms with Crippen LogP contribution in [0, 0.1) is 5.11 Å². The molecule has 0 atom stereocenters. The molecule has 0 fully saturated rings. The van der Waals surface area contributed by atoms with Crippen LogP contribution in [-0.4, -0.2) is 12.6 Å². The van der Waals surface area contributed by atoms with Crippen molar-refractivity contribution in [2.45, 2.75) is 0 Å². The zero-order valence-electron chi connectivity index (χ0n) is 5.37. The van der Waals surface area contributed by atoms with Crippen LogP contribution in [0.15, 0.2) is 24.3 Å². The van der Waals surface area contributed by atoms with Gasteiger partial charge in [0.15, 0.2) is 0 Å². The van der Waals surface area contributed by atoms with Crippen LogP contribution in [0.3, 0.4) is 0 Å². The summed E-state index contributed by atoms with van der Waals surface area (Å²) in [6.07, 6.45) is 1.65. The number of hydrogen-bond donors (Lipinski definition) is 0. The third-order valence-corrected chi connectivity index (χ3v) is 1.59. The third kappa shape index (κ3) is 0.729. The van der Waals surface area contributed by atoms with E-state index in [9.17, 15) is 4.79 Å². The van der Waals surface area contributed by atoms with Gasteiger partial charge in [0.25, 0.3) is 0 Å². The molecule has 0 saturated heterocycles. The van der Waals surface area contributed by atoms with E-state index in [1.807, 2.05) is 24.3 Å². The summed E-state index contributed by atoms with van der Waals surface area (Å²) in [4.78, 5) is 10.8. The summed E-state index contributed by atoms with van der Waals surface area (Å²) >= 11 is 0. The predicted octanol–water partition coefficient (Wildman–Crippen LogP) is -0.0376.